The van der Waals surface area contributed by atoms with Crippen molar-refractivity contribution < 1.29 is 9.84 Å². The molecule has 2 aromatic rings. The van der Waals surface area contributed by atoms with Gasteiger partial charge in [-0.3, -0.25) is 0 Å². The van der Waals surface area contributed by atoms with Crippen LogP contribution in [-0.2, 0) is 0 Å². The Hall–Kier alpha value is -1.98. The van der Waals surface area contributed by atoms with Gasteiger partial charge in [-0.1, -0.05) is 30.3 Å². The van der Waals surface area contributed by atoms with Gasteiger partial charge in [0.2, 0.25) is 5.88 Å². The van der Waals surface area contributed by atoms with E-state index in [1.165, 1.54) is 0 Å². The Kier molecular flexibility index (Phi) is 5.46. The van der Waals surface area contributed by atoms with E-state index in [1.807, 2.05) is 30.3 Å². The minimum absolute atomic E-state index is 0.0390. The summed E-state index contributed by atoms with van der Waals surface area (Å²) in [6, 6.07) is 9.73. The molecule has 22 heavy (non-hydrogen) atoms. The van der Waals surface area contributed by atoms with E-state index < -0.39 is 6.10 Å². The molecule has 0 aliphatic rings. The molecular weight excluding hydrogens is 278 g/mol. The molecule has 0 saturated carbocycles. The van der Waals surface area contributed by atoms with Crippen molar-refractivity contribution in [1.29, 1.82) is 0 Å². The van der Waals surface area contributed by atoms with Crippen LogP contribution in [0.25, 0.3) is 11.3 Å². The zero-order valence-corrected chi connectivity index (χ0v) is 13.3. The lowest BCUT2D eigenvalue weighted by Crippen LogP contribution is -2.42. The van der Waals surface area contributed by atoms with E-state index >= 15 is 0 Å². The van der Waals surface area contributed by atoms with Gasteiger partial charge >= 0.3 is 0 Å². The van der Waals surface area contributed by atoms with Gasteiger partial charge in [-0.05, 0) is 20.8 Å². The maximum atomic E-state index is 10.00. The Morgan fingerprint density at radius 2 is 1.82 bits per heavy atom. The highest BCUT2D eigenvalue weighted by Gasteiger charge is 2.14. The van der Waals surface area contributed by atoms with Crippen LogP contribution in [0.5, 0.6) is 5.88 Å². The van der Waals surface area contributed by atoms with Crippen molar-refractivity contribution in [3.63, 3.8) is 0 Å². The molecule has 2 N–H and O–H groups in total. The topological polar surface area (TPSA) is 67.3 Å². The van der Waals surface area contributed by atoms with Crippen molar-refractivity contribution in [2.75, 3.05) is 13.2 Å². The number of ether oxygens (including phenoxy) is 1. The first-order chi connectivity index (χ1) is 10.5. The van der Waals surface area contributed by atoms with Gasteiger partial charge in [-0.25, -0.2) is 9.97 Å². The molecule has 5 nitrogen and oxygen atoms in total. The van der Waals surface area contributed by atoms with Crippen LogP contribution >= 0.6 is 0 Å². The Morgan fingerprint density at radius 1 is 1.14 bits per heavy atom. The molecule has 0 amide bonds. The fourth-order valence-corrected chi connectivity index (χ4v) is 1.88. The fraction of sp³-hybridized carbons (Fsp3) is 0.412. The van der Waals surface area contributed by atoms with Gasteiger partial charge < -0.3 is 15.2 Å². The summed E-state index contributed by atoms with van der Waals surface area (Å²) >= 11 is 0. The van der Waals surface area contributed by atoms with E-state index in [-0.39, 0.29) is 12.1 Å². The first kappa shape index (κ1) is 16.4. The van der Waals surface area contributed by atoms with Gasteiger partial charge in [-0.2, -0.15) is 0 Å². The van der Waals surface area contributed by atoms with Gasteiger partial charge in [0.1, 0.15) is 18.4 Å². The second-order valence-electron chi connectivity index (χ2n) is 6.17. The van der Waals surface area contributed by atoms with Crippen molar-refractivity contribution in [2.45, 2.75) is 32.4 Å². The Bertz CT molecular complexity index is 582. The maximum Gasteiger partial charge on any atom is 0.240 e. The number of aliphatic hydroxyl groups excluding tert-OH is 1. The first-order valence-corrected chi connectivity index (χ1v) is 7.38. The van der Waals surface area contributed by atoms with Crippen molar-refractivity contribution in [3.05, 3.63) is 42.7 Å². The van der Waals surface area contributed by atoms with E-state index in [1.54, 1.807) is 12.4 Å². The molecule has 2 rings (SSSR count). The van der Waals surface area contributed by atoms with Crippen molar-refractivity contribution >= 4 is 0 Å². The molecule has 118 valence electrons. The van der Waals surface area contributed by atoms with Crippen LogP contribution in [0.15, 0.2) is 42.7 Å². The molecule has 0 aliphatic carbocycles. The largest absolute Gasteiger partial charge is 0.473 e. The number of nitrogens with one attached hydrogen (secondary N) is 1. The van der Waals surface area contributed by atoms with Crippen molar-refractivity contribution in [1.82, 2.24) is 15.3 Å². The fourth-order valence-electron chi connectivity index (χ4n) is 1.88. The summed E-state index contributed by atoms with van der Waals surface area (Å²) in [6.45, 7) is 6.79. The number of hydrogen-bond donors (Lipinski definition) is 2. The normalized spacial score (nSPS) is 12.9. The molecule has 1 atom stereocenters. The van der Waals surface area contributed by atoms with E-state index in [0.717, 1.165) is 5.56 Å². The Morgan fingerprint density at radius 3 is 2.50 bits per heavy atom. The lowest BCUT2D eigenvalue weighted by molar-refractivity contribution is 0.0979. The summed E-state index contributed by atoms with van der Waals surface area (Å²) < 4.78 is 5.65. The van der Waals surface area contributed by atoms with Crippen molar-refractivity contribution in [2.24, 2.45) is 0 Å². The monoisotopic (exact) mass is 301 g/mol. The molecule has 5 heteroatoms. The predicted octanol–water partition coefficient (Wildman–Crippen LogP) is 2.27. The molecule has 1 aromatic heterocycles. The molecule has 0 spiro atoms. The summed E-state index contributed by atoms with van der Waals surface area (Å²) in [5.74, 6) is 0.434. The summed E-state index contributed by atoms with van der Waals surface area (Å²) in [5.41, 5.74) is 1.58. The highest BCUT2D eigenvalue weighted by atomic mass is 16.5. The predicted molar refractivity (Wildman–Crippen MR) is 86.7 cm³/mol. The quantitative estimate of drug-likeness (QED) is 0.857. The third kappa shape index (κ3) is 5.09. The van der Waals surface area contributed by atoms with Crippen molar-refractivity contribution in [3.8, 4) is 17.1 Å². The van der Waals surface area contributed by atoms with E-state index in [2.05, 4.69) is 36.1 Å². The number of aliphatic hydroxyl groups is 1. The SMILES string of the molecule is CC(C)(C)NCC(O)COc1nccnc1-c1ccccc1. The average molecular weight is 301 g/mol. The minimum Gasteiger partial charge on any atom is -0.473 e. The number of hydrogen-bond acceptors (Lipinski definition) is 5. The molecule has 0 saturated heterocycles. The van der Waals surface area contributed by atoms with Crippen LogP contribution in [0, 0.1) is 0 Å². The lowest BCUT2D eigenvalue weighted by atomic mass is 10.1. The highest BCUT2D eigenvalue weighted by molar-refractivity contribution is 5.63. The molecule has 0 aliphatic heterocycles. The summed E-state index contributed by atoms with van der Waals surface area (Å²) in [6.07, 6.45) is 2.61. The lowest BCUT2D eigenvalue weighted by Gasteiger charge is -2.23. The van der Waals surface area contributed by atoms with Gasteiger partial charge in [-0.15, -0.1) is 0 Å². The number of nitrogens with zero attached hydrogens (tertiary/aromatic N) is 2. The van der Waals surface area contributed by atoms with Gasteiger partial charge in [0, 0.05) is 30.0 Å². The Balaban J connectivity index is 1.99. The third-order valence-electron chi connectivity index (χ3n) is 2.99. The summed E-state index contributed by atoms with van der Waals surface area (Å²) in [5, 5.41) is 13.2. The minimum atomic E-state index is -0.607. The molecule has 1 unspecified atom stereocenters. The standard InChI is InChI=1S/C17H23N3O2/c1-17(2,3)20-11-14(21)12-22-16-15(18-9-10-19-16)13-7-5-4-6-8-13/h4-10,14,20-21H,11-12H2,1-3H3. The number of benzene rings is 1. The van der Waals surface area contributed by atoms with Crippen LogP contribution in [0.1, 0.15) is 20.8 Å². The third-order valence-corrected chi connectivity index (χ3v) is 2.99. The number of aromatic nitrogens is 2. The van der Waals surface area contributed by atoms with Crippen LogP contribution < -0.4 is 10.1 Å². The van der Waals surface area contributed by atoms with Crippen LogP contribution in [0.2, 0.25) is 0 Å². The molecular formula is C17H23N3O2. The summed E-state index contributed by atoms with van der Waals surface area (Å²) in [4.78, 5) is 8.55. The van der Waals surface area contributed by atoms with Gasteiger partial charge in [0.25, 0.3) is 0 Å². The van der Waals surface area contributed by atoms with Crippen LogP contribution in [0.4, 0.5) is 0 Å². The van der Waals surface area contributed by atoms with Crippen LogP contribution in [0.3, 0.4) is 0 Å². The van der Waals surface area contributed by atoms with E-state index in [0.29, 0.717) is 18.1 Å². The second kappa shape index (κ2) is 7.33. The van der Waals surface area contributed by atoms with Gasteiger partial charge in [0.15, 0.2) is 0 Å². The van der Waals surface area contributed by atoms with E-state index in [9.17, 15) is 5.11 Å². The molecule has 0 radical (unpaired) electrons. The molecule has 0 fully saturated rings. The number of β-amino-alcohol motifs (C(OH)–C–C–N with tert-alkyl or cyclic N) is 1. The molecule has 1 heterocycles. The maximum absolute atomic E-state index is 10.00. The second-order valence-corrected chi connectivity index (χ2v) is 6.17. The molecule has 1 aromatic carbocycles. The zero-order chi connectivity index (χ0) is 16.0. The average Bonchev–Trinajstić information content (AvgIpc) is 2.51. The summed E-state index contributed by atoms with van der Waals surface area (Å²) in [7, 11) is 0. The Labute approximate surface area is 131 Å². The first-order valence-electron chi connectivity index (χ1n) is 7.38. The smallest absolute Gasteiger partial charge is 0.240 e. The molecule has 0 bridgehead atoms. The van der Waals surface area contributed by atoms with Crippen LogP contribution in [-0.4, -0.2) is 39.9 Å². The zero-order valence-electron chi connectivity index (χ0n) is 13.3. The van der Waals surface area contributed by atoms with Gasteiger partial charge in [0.05, 0.1) is 0 Å². The highest BCUT2D eigenvalue weighted by Crippen LogP contribution is 2.24. The van der Waals surface area contributed by atoms with E-state index in [4.69, 9.17) is 4.74 Å². The number of rotatable bonds is 6.